The molecule has 1 aliphatic rings. The Hall–Kier alpha value is -0.470. The molecule has 0 saturated heterocycles. The summed E-state index contributed by atoms with van der Waals surface area (Å²) < 4.78 is 0. The molecule has 0 fully saturated rings. The van der Waals surface area contributed by atoms with Crippen molar-refractivity contribution in [2.24, 2.45) is 5.92 Å². The summed E-state index contributed by atoms with van der Waals surface area (Å²) in [5, 5.41) is 10.2. The predicted molar refractivity (Wildman–Crippen MR) is 74.7 cm³/mol. The van der Waals surface area contributed by atoms with Crippen LogP contribution in [-0.2, 0) is 12.8 Å². The normalized spacial score (nSPS) is 18.2. The summed E-state index contributed by atoms with van der Waals surface area (Å²) in [6.45, 7) is 6.07. The highest BCUT2D eigenvalue weighted by Crippen LogP contribution is 2.30. The van der Waals surface area contributed by atoms with Crippen LogP contribution in [0.25, 0.3) is 0 Å². The summed E-state index contributed by atoms with van der Waals surface area (Å²) in [4.78, 5) is 1.30. The van der Waals surface area contributed by atoms with Crippen LogP contribution in [0.5, 0.6) is 0 Å². The Morgan fingerprint density at radius 1 is 1.29 bits per heavy atom. The summed E-state index contributed by atoms with van der Waals surface area (Å²) in [7, 11) is 0. The Kier molecular flexibility index (Phi) is 3.84. The van der Waals surface area contributed by atoms with Crippen LogP contribution in [0.2, 0.25) is 0 Å². The number of thioether (sulfide) groups is 1. The minimum atomic E-state index is -0.580. The standard InChI is InChI=1S/C15H22OS/c1-11(2)15(3,16)10-17-14-8-7-12-5-4-6-13(12)9-14/h7-9,11,16H,4-6,10H2,1-3H3. The molecular formula is C15H22OS. The summed E-state index contributed by atoms with van der Waals surface area (Å²) in [6, 6.07) is 6.77. The molecule has 0 saturated carbocycles. The molecule has 0 aromatic heterocycles. The van der Waals surface area contributed by atoms with E-state index in [0.29, 0.717) is 5.92 Å². The van der Waals surface area contributed by atoms with E-state index in [1.54, 1.807) is 11.8 Å². The number of benzene rings is 1. The third-order valence-electron chi connectivity index (χ3n) is 3.84. The van der Waals surface area contributed by atoms with Crippen molar-refractivity contribution in [3.05, 3.63) is 29.3 Å². The van der Waals surface area contributed by atoms with E-state index >= 15 is 0 Å². The zero-order valence-corrected chi connectivity index (χ0v) is 11.8. The van der Waals surface area contributed by atoms with Gasteiger partial charge in [-0.25, -0.2) is 0 Å². The van der Waals surface area contributed by atoms with Crippen LogP contribution in [0, 0.1) is 5.92 Å². The van der Waals surface area contributed by atoms with Gasteiger partial charge in [0.25, 0.3) is 0 Å². The maximum absolute atomic E-state index is 10.2. The number of aryl methyl sites for hydroxylation is 2. The van der Waals surface area contributed by atoms with Gasteiger partial charge in [0.2, 0.25) is 0 Å². The van der Waals surface area contributed by atoms with Crippen LogP contribution in [0.4, 0.5) is 0 Å². The summed E-state index contributed by atoms with van der Waals surface area (Å²) >= 11 is 1.77. The van der Waals surface area contributed by atoms with Gasteiger partial charge in [0.1, 0.15) is 0 Å². The topological polar surface area (TPSA) is 20.2 Å². The van der Waals surface area contributed by atoms with E-state index in [1.807, 2.05) is 6.92 Å². The number of rotatable bonds is 4. The van der Waals surface area contributed by atoms with Crippen molar-refractivity contribution in [2.45, 2.75) is 50.5 Å². The largest absolute Gasteiger partial charge is 0.389 e. The van der Waals surface area contributed by atoms with Crippen molar-refractivity contribution in [1.29, 1.82) is 0 Å². The van der Waals surface area contributed by atoms with Crippen LogP contribution >= 0.6 is 11.8 Å². The van der Waals surface area contributed by atoms with Gasteiger partial charge in [0.05, 0.1) is 5.60 Å². The lowest BCUT2D eigenvalue weighted by molar-refractivity contribution is 0.0376. The van der Waals surface area contributed by atoms with E-state index in [4.69, 9.17) is 0 Å². The lowest BCUT2D eigenvalue weighted by atomic mass is 9.95. The zero-order valence-electron chi connectivity index (χ0n) is 11.0. The molecule has 1 atom stereocenters. The predicted octanol–water partition coefficient (Wildman–Crippen LogP) is 3.67. The second-order valence-electron chi connectivity index (χ2n) is 5.58. The lowest BCUT2D eigenvalue weighted by Gasteiger charge is -2.27. The van der Waals surface area contributed by atoms with Crippen molar-refractivity contribution in [1.82, 2.24) is 0 Å². The number of hydrogen-bond donors (Lipinski definition) is 1. The second-order valence-corrected chi connectivity index (χ2v) is 6.63. The summed E-state index contributed by atoms with van der Waals surface area (Å²) in [5.41, 5.74) is 2.45. The van der Waals surface area contributed by atoms with E-state index in [9.17, 15) is 5.11 Å². The first kappa shape index (κ1) is 13.0. The molecule has 1 aromatic carbocycles. The van der Waals surface area contributed by atoms with E-state index in [1.165, 1.54) is 35.3 Å². The molecule has 0 radical (unpaired) electrons. The highest BCUT2D eigenvalue weighted by molar-refractivity contribution is 7.99. The molecule has 94 valence electrons. The Bertz CT molecular complexity index is 396. The Morgan fingerprint density at radius 3 is 2.71 bits per heavy atom. The van der Waals surface area contributed by atoms with Gasteiger partial charge >= 0.3 is 0 Å². The molecule has 1 nitrogen and oxygen atoms in total. The first-order valence-corrected chi connectivity index (χ1v) is 7.44. The Morgan fingerprint density at radius 2 is 2.00 bits per heavy atom. The number of fused-ring (bicyclic) bond motifs is 1. The van der Waals surface area contributed by atoms with Crippen LogP contribution < -0.4 is 0 Å². The maximum Gasteiger partial charge on any atom is 0.0736 e. The van der Waals surface area contributed by atoms with E-state index in [0.717, 1.165) is 5.75 Å². The minimum absolute atomic E-state index is 0.296. The van der Waals surface area contributed by atoms with Gasteiger partial charge in [-0.15, -0.1) is 11.8 Å². The monoisotopic (exact) mass is 250 g/mol. The molecule has 0 spiro atoms. The van der Waals surface area contributed by atoms with Crippen LogP contribution in [0.3, 0.4) is 0 Å². The fourth-order valence-corrected chi connectivity index (χ4v) is 3.22. The molecular weight excluding hydrogens is 228 g/mol. The average molecular weight is 250 g/mol. The van der Waals surface area contributed by atoms with E-state index < -0.39 is 5.60 Å². The quantitative estimate of drug-likeness (QED) is 0.823. The minimum Gasteiger partial charge on any atom is -0.389 e. The van der Waals surface area contributed by atoms with Crippen LogP contribution in [-0.4, -0.2) is 16.5 Å². The SMILES string of the molecule is CC(C)C(C)(O)CSc1ccc2c(c1)CCC2. The molecule has 0 bridgehead atoms. The smallest absolute Gasteiger partial charge is 0.0736 e. The van der Waals surface area contributed by atoms with Gasteiger partial charge in [-0.1, -0.05) is 19.9 Å². The fourth-order valence-electron chi connectivity index (χ4n) is 2.03. The fraction of sp³-hybridized carbons (Fsp3) is 0.600. The maximum atomic E-state index is 10.2. The number of hydrogen-bond acceptors (Lipinski definition) is 2. The molecule has 1 unspecified atom stereocenters. The highest BCUT2D eigenvalue weighted by atomic mass is 32.2. The third-order valence-corrected chi connectivity index (χ3v) is 5.16. The van der Waals surface area contributed by atoms with Crippen LogP contribution in [0.1, 0.15) is 38.3 Å². The van der Waals surface area contributed by atoms with Gasteiger partial charge < -0.3 is 5.11 Å². The molecule has 1 N–H and O–H groups in total. The Balaban J connectivity index is 2.00. The molecule has 2 rings (SSSR count). The molecule has 0 aliphatic heterocycles. The first-order chi connectivity index (χ1) is 7.99. The van der Waals surface area contributed by atoms with Gasteiger partial charge in [0.15, 0.2) is 0 Å². The van der Waals surface area contributed by atoms with E-state index in [-0.39, 0.29) is 0 Å². The van der Waals surface area contributed by atoms with Crippen molar-refractivity contribution in [2.75, 3.05) is 5.75 Å². The van der Waals surface area contributed by atoms with Gasteiger partial charge in [-0.05, 0) is 55.4 Å². The van der Waals surface area contributed by atoms with Crippen molar-refractivity contribution < 1.29 is 5.11 Å². The average Bonchev–Trinajstić information content (AvgIpc) is 2.73. The zero-order chi connectivity index (χ0) is 12.5. The van der Waals surface area contributed by atoms with Crippen LogP contribution in [0.15, 0.2) is 23.1 Å². The van der Waals surface area contributed by atoms with Crippen molar-refractivity contribution in [3.63, 3.8) is 0 Å². The Labute approximate surface area is 109 Å². The summed E-state index contributed by atoms with van der Waals surface area (Å²) in [5.74, 6) is 1.06. The van der Waals surface area contributed by atoms with Gasteiger partial charge in [-0.3, -0.25) is 0 Å². The molecule has 1 aromatic rings. The van der Waals surface area contributed by atoms with Crippen molar-refractivity contribution >= 4 is 11.8 Å². The van der Waals surface area contributed by atoms with E-state index in [2.05, 4.69) is 32.0 Å². The molecule has 2 heteroatoms. The molecule has 1 aliphatic carbocycles. The lowest BCUT2D eigenvalue weighted by Crippen LogP contribution is -2.33. The number of aliphatic hydroxyl groups is 1. The third kappa shape index (κ3) is 3.05. The van der Waals surface area contributed by atoms with Gasteiger partial charge in [-0.2, -0.15) is 0 Å². The molecule has 17 heavy (non-hydrogen) atoms. The van der Waals surface area contributed by atoms with Gasteiger partial charge in [0, 0.05) is 10.6 Å². The molecule has 0 heterocycles. The first-order valence-electron chi connectivity index (χ1n) is 6.46. The second kappa shape index (κ2) is 5.03. The summed E-state index contributed by atoms with van der Waals surface area (Å²) in [6.07, 6.45) is 3.77. The van der Waals surface area contributed by atoms with Crippen molar-refractivity contribution in [3.8, 4) is 0 Å². The highest BCUT2D eigenvalue weighted by Gasteiger charge is 2.25. The molecule has 0 amide bonds.